The maximum absolute atomic E-state index is 12.5. The molecule has 1 heterocycles. The van der Waals surface area contributed by atoms with Gasteiger partial charge < -0.3 is 15.2 Å². The zero-order valence-electron chi connectivity index (χ0n) is 19.6. The molecule has 0 radical (unpaired) electrons. The van der Waals surface area contributed by atoms with Crippen molar-refractivity contribution in [2.24, 2.45) is 5.73 Å². The highest BCUT2D eigenvalue weighted by Crippen LogP contribution is 2.23. The van der Waals surface area contributed by atoms with Crippen LogP contribution in [0.25, 0.3) is 0 Å². The number of hydroxylamine groups is 1. The van der Waals surface area contributed by atoms with Gasteiger partial charge in [-0.15, -0.1) is 0 Å². The minimum atomic E-state index is -3.34. The Balaban J connectivity index is 1.79. The van der Waals surface area contributed by atoms with E-state index in [1.54, 1.807) is 29.6 Å². The van der Waals surface area contributed by atoms with Crippen LogP contribution in [0.2, 0.25) is 0 Å². The number of piperazine rings is 1. The third kappa shape index (κ3) is 6.92. The van der Waals surface area contributed by atoms with E-state index in [-0.39, 0.29) is 44.8 Å². The molecule has 0 spiro atoms. The number of sulfonamides is 1. The van der Waals surface area contributed by atoms with Gasteiger partial charge in [0.25, 0.3) is 5.91 Å². The lowest BCUT2D eigenvalue weighted by Crippen LogP contribution is -2.56. The second-order valence-electron chi connectivity index (χ2n) is 8.21. The van der Waals surface area contributed by atoms with Gasteiger partial charge in [-0.1, -0.05) is 12.1 Å². The van der Waals surface area contributed by atoms with E-state index in [1.165, 1.54) is 10.4 Å². The summed E-state index contributed by atoms with van der Waals surface area (Å²) in [7, 11) is -1.76. The molecule has 1 atom stereocenters. The molecule has 35 heavy (non-hydrogen) atoms. The van der Waals surface area contributed by atoms with Gasteiger partial charge >= 0.3 is 0 Å². The van der Waals surface area contributed by atoms with Crippen molar-refractivity contribution in [3.05, 3.63) is 59.2 Å². The average Bonchev–Trinajstić information content (AvgIpc) is 2.85. The summed E-state index contributed by atoms with van der Waals surface area (Å²) in [5, 5.41) is 9.32. The van der Waals surface area contributed by atoms with Crippen LogP contribution in [0.1, 0.15) is 21.5 Å². The Kier molecular flexibility index (Phi) is 8.67. The smallest absolute Gasteiger partial charge is 0.261 e. The molecule has 0 unspecified atom stereocenters. The zero-order valence-corrected chi connectivity index (χ0v) is 20.5. The number of amides is 2. The summed E-state index contributed by atoms with van der Waals surface area (Å²) < 4.78 is 36.0. The van der Waals surface area contributed by atoms with Gasteiger partial charge in [0.2, 0.25) is 15.9 Å². The van der Waals surface area contributed by atoms with E-state index in [4.69, 9.17) is 15.2 Å². The number of carbonyl (C=O) groups is 2. The van der Waals surface area contributed by atoms with Crippen LogP contribution >= 0.6 is 0 Å². The number of methoxy groups -OCH3 is 1. The lowest BCUT2D eigenvalue weighted by Gasteiger charge is -2.37. The second kappa shape index (κ2) is 11.5. The number of ether oxygens (including phenoxy) is 2. The molecule has 0 aromatic heterocycles. The number of carbonyl (C=O) groups excluding carboxylic acids is 2. The lowest BCUT2D eigenvalue weighted by molar-refractivity contribution is -0.135. The summed E-state index contributed by atoms with van der Waals surface area (Å²) in [6.07, 6.45) is 1.19. The quantitative estimate of drug-likeness (QED) is 0.309. The average molecular weight is 507 g/mol. The van der Waals surface area contributed by atoms with E-state index in [2.05, 4.69) is 0 Å². The molecule has 0 aliphatic carbocycles. The number of nitrogens with one attached hydrogen (secondary N) is 1. The van der Waals surface area contributed by atoms with E-state index >= 15 is 0 Å². The Bertz CT molecular complexity index is 1150. The molecule has 4 N–H and O–H groups in total. The molecule has 190 valence electrons. The maximum atomic E-state index is 12.5. The van der Waals surface area contributed by atoms with Crippen LogP contribution in [0.3, 0.4) is 0 Å². The fourth-order valence-corrected chi connectivity index (χ4v) is 4.80. The molecular weight excluding hydrogens is 476 g/mol. The normalized spacial score (nSPS) is 15.9. The minimum Gasteiger partial charge on any atom is -0.497 e. The first-order valence-electron chi connectivity index (χ1n) is 10.9. The minimum absolute atomic E-state index is 0.0588. The fraction of sp³-hybridized carbons (Fsp3) is 0.391. The van der Waals surface area contributed by atoms with Crippen molar-refractivity contribution in [2.45, 2.75) is 19.1 Å². The first kappa shape index (κ1) is 26.4. The Morgan fingerprint density at radius 2 is 1.71 bits per heavy atom. The van der Waals surface area contributed by atoms with Crippen molar-refractivity contribution >= 4 is 21.8 Å². The first-order chi connectivity index (χ1) is 16.6. The van der Waals surface area contributed by atoms with Gasteiger partial charge in [-0.2, -0.15) is 4.31 Å². The summed E-state index contributed by atoms with van der Waals surface area (Å²) >= 11 is 0. The lowest BCUT2D eigenvalue weighted by atomic mass is 9.97. The highest BCUT2D eigenvalue weighted by molar-refractivity contribution is 7.88. The second-order valence-corrected chi connectivity index (χ2v) is 10.2. The maximum Gasteiger partial charge on any atom is 0.261 e. The van der Waals surface area contributed by atoms with E-state index < -0.39 is 27.9 Å². The van der Waals surface area contributed by atoms with E-state index in [0.717, 1.165) is 17.6 Å². The fourth-order valence-electron chi connectivity index (χ4n) is 3.97. The summed E-state index contributed by atoms with van der Waals surface area (Å²) in [6, 6.07) is 11.3. The molecular formula is C23H30N4O7S. The van der Waals surface area contributed by atoms with Crippen molar-refractivity contribution < 1.29 is 32.7 Å². The van der Waals surface area contributed by atoms with Gasteiger partial charge in [0, 0.05) is 31.7 Å². The van der Waals surface area contributed by atoms with Gasteiger partial charge in [-0.25, -0.2) is 13.9 Å². The predicted molar refractivity (Wildman–Crippen MR) is 128 cm³/mol. The van der Waals surface area contributed by atoms with Gasteiger partial charge in [-0.05, 0) is 47.9 Å². The Labute approximate surface area is 204 Å². The summed E-state index contributed by atoms with van der Waals surface area (Å²) in [4.78, 5) is 26.4. The Hall–Kier alpha value is -3.19. The number of nitrogens with zero attached hydrogens (tertiary/aromatic N) is 2. The van der Waals surface area contributed by atoms with E-state index in [0.29, 0.717) is 11.3 Å². The molecule has 0 bridgehead atoms. The van der Waals surface area contributed by atoms with Crippen LogP contribution in [0.15, 0.2) is 42.5 Å². The third-order valence-electron chi connectivity index (χ3n) is 5.92. The molecule has 2 aromatic rings. The number of rotatable bonds is 10. The molecule has 0 saturated carbocycles. The summed E-state index contributed by atoms with van der Waals surface area (Å²) in [5.74, 6) is -0.122. The molecule has 1 fully saturated rings. The van der Waals surface area contributed by atoms with Crippen LogP contribution in [0.4, 0.5) is 0 Å². The SMILES string of the molecule is COc1ccc(COc2ccc(C(N)=O)c(C[C@@H](C(=O)NO)N3CCN(S(C)(=O)=O)CC3)c2)cc1. The Morgan fingerprint density at radius 1 is 1.09 bits per heavy atom. The number of hydrogen-bond donors (Lipinski definition) is 3. The standard InChI is InChI=1S/C23H30N4O7S/c1-33-18-5-3-16(4-6-18)15-34-19-7-8-20(22(24)28)17(13-19)14-21(23(29)25-30)26-9-11-27(12-10-26)35(2,31)32/h3-8,13,21,30H,9-12,14-15H2,1-2H3,(H2,24,28)(H,25,29)/t21-/m0/s1. The van der Waals surface area contributed by atoms with Crippen LogP contribution in [-0.2, 0) is 27.8 Å². The molecule has 2 aromatic carbocycles. The molecule has 1 aliphatic heterocycles. The third-order valence-corrected chi connectivity index (χ3v) is 7.22. The van der Waals surface area contributed by atoms with Crippen molar-refractivity contribution in [1.82, 2.24) is 14.7 Å². The van der Waals surface area contributed by atoms with Gasteiger partial charge in [0.05, 0.1) is 19.4 Å². The van der Waals surface area contributed by atoms with E-state index in [1.807, 2.05) is 24.3 Å². The van der Waals surface area contributed by atoms with Crippen LogP contribution in [0, 0.1) is 0 Å². The molecule has 11 nitrogen and oxygen atoms in total. The van der Waals surface area contributed by atoms with Crippen LogP contribution in [-0.4, -0.2) is 80.2 Å². The van der Waals surface area contributed by atoms with Gasteiger partial charge in [0.15, 0.2) is 0 Å². The summed E-state index contributed by atoms with van der Waals surface area (Å²) in [6.45, 7) is 1.26. The number of benzene rings is 2. The number of primary amides is 1. The Morgan fingerprint density at radius 3 is 2.26 bits per heavy atom. The highest BCUT2D eigenvalue weighted by atomic mass is 32.2. The number of hydrogen-bond acceptors (Lipinski definition) is 8. The van der Waals surface area contributed by atoms with Gasteiger partial charge in [-0.3, -0.25) is 19.7 Å². The molecule has 3 rings (SSSR count). The molecule has 1 saturated heterocycles. The monoisotopic (exact) mass is 506 g/mol. The summed E-state index contributed by atoms with van der Waals surface area (Å²) in [5.41, 5.74) is 8.85. The highest BCUT2D eigenvalue weighted by Gasteiger charge is 2.32. The molecule has 2 amide bonds. The number of nitrogens with two attached hydrogens (primary N) is 1. The van der Waals surface area contributed by atoms with Crippen LogP contribution < -0.4 is 20.7 Å². The van der Waals surface area contributed by atoms with E-state index in [9.17, 15) is 23.2 Å². The van der Waals surface area contributed by atoms with Crippen molar-refractivity contribution in [3.8, 4) is 11.5 Å². The van der Waals surface area contributed by atoms with Crippen molar-refractivity contribution in [2.75, 3.05) is 39.5 Å². The van der Waals surface area contributed by atoms with Crippen molar-refractivity contribution in [3.63, 3.8) is 0 Å². The van der Waals surface area contributed by atoms with Crippen LogP contribution in [0.5, 0.6) is 11.5 Å². The largest absolute Gasteiger partial charge is 0.497 e. The molecule has 12 heteroatoms. The van der Waals surface area contributed by atoms with Gasteiger partial charge in [0.1, 0.15) is 18.1 Å². The zero-order chi connectivity index (χ0) is 25.6. The predicted octanol–water partition coefficient (Wildman–Crippen LogP) is 0.367. The first-order valence-corrected chi connectivity index (χ1v) is 12.8. The molecule has 1 aliphatic rings. The topological polar surface area (TPSA) is 152 Å². The van der Waals surface area contributed by atoms with Crippen molar-refractivity contribution in [1.29, 1.82) is 0 Å².